The molecule has 1 aromatic heterocycles. The molecule has 238 valence electrons. The molecule has 3 unspecified atom stereocenters. The second-order valence-corrected chi connectivity index (χ2v) is 14.6. The van der Waals surface area contributed by atoms with Crippen LogP contribution in [-0.2, 0) is 28.5 Å². The van der Waals surface area contributed by atoms with Crippen LogP contribution < -0.4 is 0 Å². The normalized spacial score (nSPS) is 35.9. The summed E-state index contributed by atoms with van der Waals surface area (Å²) in [6.45, 7) is 6.86. The lowest BCUT2D eigenvalue weighted by Crippen LogP contribution is -2.37. The fraction of sp³-hybridized carbons (Fsp3) is 0.794. The number of allylic oxidation sites excluding steroid dienone is 2. The second kappa shape index (κ2) is 13.4. The molecule has 0 spiro atoms. The van der Waals surface area contributed by atoms with Gasteiger partial charge in [0.2, 0.25) is 0 Å². The summed E-state index contributed by atoms with van der Waals surface area (Å²) in [6, 6.07) is 0. The Balaban J connectivity index is 1.32. The molecule has 5 aliphatic rings. The largest absolute Gasteiger partial charge is 0.462 e. The van der Waals surface area contributed by atoms with Crippen LogP contribution in [0.25, 0.3) is 0 Å². The highest BCUT2D eigenvalue weighted by Crippen LogP contribution is 2.63. The Morgan fingerprint density at radius 3 is 2.63 bits per heavy atom. The average Bonchev–Trinajstić information content (AvgIpc) is 3.44. The number of aromatic nitrogens is 1. The van der Waals surface area contributed by atoms with Crippen molar-refractivity contribution in [3.8, 4) is 0 Å². The Morgan fingerprint density at radius 2 is 1.91 bits per heavy atom. The number of cyclic esters (lactones) is 1. The number of rotatable bonds is 9. The summed E-state index contributed by atoms with van der Waals surface area (Å²) in [7, 11) is 1.57. The number of hydrogen-bond donors (Lipinski definition) is 1. The summed E-state index contributed by atoms with van der Waals surface area (Å²) in [5.74, 6) is 0.867. The average molecular weight is 616 g/mol. The molecule has 4 aliphatic carbocycles. The van der Waals surface area contributed by atoms with Crippen molar-refractivity contribution in [3.63, 3.8) is 0 Å². The van der Waals surface area contributed by atoms with Crippen molar-refractivity contribution in [2.24, 2.45) is 23.7 Å². The van der Waals surface area contributed by atoms with Gasteiger partial charge in [0.15, 0.2) is 12.1 Å². The van der Waals surface area contributed by atoms with E-state index in [1.54, 1.807) is 7.11 Å². The molecule has 6 rings (SSSR count). The third-order valence-corrected chi connectivity index (χ3v) is 12.0. The number of Topliss-reactive ketones (excluding diaryl/α,β-unsaturated/α-hetero) is 1. The molecule has 0 radical (unpaired) electrons. The van der Waals surface area contributed by atoms with Crippen LogP contribution in [0.5, 0.6) is 0 Å². The first-order valence-corrected chi connectivity index (χ1v) is 17.5. The van der Waals surface area contributed by atoms with E-state index >= 15 is 0 Å². The number of aliphatic hydroxyl groups is 1. The molecule has 10 atom stereocenters. The van der Waals surface area contributed by atoms with Crippen LogP contribution in [0.3, 0.4) is 0 Å². The van der Waals surface area contributed by atoms with E-state index in [4.69, 9.17) is 23.9 Å². The standard InChI is InChI=1S/C34H49NO7S/c1-5-20-10-8-7-9-18(3)31(37)25-15-23-22-13-21(42-34(38)27(39-4)17-40-6-2)14-26(22)32-30(35-33(43-32)19-11-12-19)29(23)24(25)16-28(36)41-20/h15,18-24,26-27,29,34,38H,5-14,16-17H2,1-4H3/t18-,20+,21+,22+,23?,24-,26?,27+,29-,34?/m1/s1. The van der Waals surface area contributed by atoms with Gasteiger partial charge in [-0.2, -0.15) is 0 Å². The smallest absolute Gasteiger partial charge is 0.306 e. The van der Waals surface area contributed by atoms with Gasteiger partial charge in [0.1, 0.15) is 12.2 Å². The van der Waals surface area contributed by atoms with Gasteiger partial charge in [0.25, 0.3) is 0 Å². The lowest BCUT2D eigenvalue weighted by molar-refractivity contribution is -0.205. The third-order valence-electron chi connectivity index (χ3n) is 10.7. The van der Waals surface area contributed by atoms with Crippen LogP contribution in [0.4, 0.5) is 0 Å². The van der Waals surface area contributed by atoms with E-state index in [9.17, 15) is 14.7 Å². The van der Waals surface area contributed by atoms with Crippen molar-refractivity contribution in [2.45, 2.75) is 127 Å². The lowest BCUT2D eigenvalue weighted by Gasteiger charge is -2.37. The molecule has 9 heteroatoms. The summed E-state index contributed by atoms with van der Waals surface area (Å²) in [6.07, 6.45) is 9.01. The Hall–Kier alpha value is -1.65. The number of carbonyl (C=O) groups is 2. The first-order chi connectivity index (χ1) is 20.8. The minimum absolute atomic E-state index is 0.00457. The number of ketones is 1. The molecule has 8 nitrogen and oxygen atoms in total. The summed E-state index contributed by atoms with van der Waals surface area (Å²) in [4.78, 5) is 34.1. The molecule has 3 fully saturated rings. The van der Waals surface area contributed by atoms with Gasteiger partial charge < -0.3 is 24.1 Å². The zero-order valence-electron chi connectivity index (χ0n) is 26.2. The summed E-state index contributed by atoms with van der Waals surface area (Å²) in [5, 5.41) is 12.1. The number of thiazole rings is 1. The van der Waals surface area contributed by atoms with Crippen LogP contribution in [0.15, 0.2) is 11.6 Å². The van der Waals surface area contributed by atoms with Gasteiger partial charge in [-0.3, -0.25) is 9.59 Å². The monoisotopic (exact) mass is 615 g/mol. The van der Waals surface area contributed by atoms with E-state index in [1.165, 1.54) is 22.7 Å². The van der Waals surface area contributed by atoms with Crippen molar-refractivity contribution in [3.05, 3.63) is 27.2 Å². The van der Waals surface area contributed by atoms with E-state index in [2.05, 4.69) is 19.9 Å². The van der Waals surface area contributed by atoms with Crippen molar-refractivity contribution < 1.29 is 33.6 Å². The fourth-order valence-electron chi connectivity index (χ4n) is 8.18. The summed E-state index contributed by atoms with van der Waals surface area (Å²) < 4.78 is 23.2. The maximum Gasteiger partial charge on any atom is 0.306 e. The number of hydrogen-bond acceptors (Lipinski definition) is 9. The Morgan fingerprint density at radius 1 is 1.12 bits per heavy atom. The predicted molar refractivity (Wildman–Crippen MR) is 163 cm³/mol. The van der Waals surface area contributed by atoms with E-state index in [0.717, 1.165) is 56.2 Å². The molecular weight excluding hydrogens is 566 g/mol. The van der Waals surface area contributed by atoms with Crippen LogP contribution in [0.2, 0.25) is 0 Å². The molecule has 2 heterocycles. The zero-order valence-corrected chi connectivity index (χ0v) is 27.0. The van der Waals surface area contributed by atoms with Gasteiger partial charge in [0.05, 0.1) is 29.8 Å². The van der Waals surface area contributed by atoms with Gasteiger partial charge in [0, 0.05) is 48.2 Å². The molecule has 43 heavy (non-hydrogen) atoms. The molecular formula is C34H49NO7S. The van der Waals surface area contributed by atoms with Crippen LogP contribution >= 0.6 is 11.3 Å². The Bertz CT molecular complexity index is 1190. The Labute approximate surface area is 259 Å². The molecule has 2 saturated carbocycles. The maximum atomic E-state index is 14.0. The maximum absolute atomic E-state index is 14.0. The second-order valence-electron chi connectivity index (χ2n) is 13.5. The minimum Gasteiger partial charge on any atom is -0.462 e. The molecule has 1 N–H and O–H groups in total. The number of esters is 1. The number of ether oxygens (including phenoxy) is 4. The highest BCUT2D eigenvalue weighted by molar-refractivity contribution is 7.12. The number of fused-ring (bicyclic) bond motifs is 8. The first kappa shape index (κ1) is 31.3. The number of nitrogens with zero attached hydrogens (tertiary/aromatic N) is 1. The van der Waals surface area contributed by atoms with E-state index < -0.39 is 12.4 Å². The highest BCUT2D eigenvalue weighted by atomic mass is 32.1. The zero-order chi connectivity index (χ0) is 30.2. The molecule has 1 aliphatic heterocycles. The SMILES string of the molecule is CCOC[C@H](OC)C(O)O[C@@H]1CC2c3sc(C4CC4)nc3[C@@H]3C(C=C4C(=O)[C@H](C)CCCC[C@H](CC)OC(=O)C[C@H]43)[C@@H]2C1. The van der Waals surface area contributed by atoms with E-state index in [-0.39, 0.29) is 72.5 Å². The van der Waals surface area contributed by atoms with Crippen LogP contribution in [0.1, 0.15) is 118 Å². The van der Waals surface area contributed by atoms with Gasteiger partial charge >= 0.3 is 5.97 Å². The van der Waals surface area contributed by atoms with Crippen molar-refractivity contribution >= 4 is 23.1 Å². The third kappa shape index (κ3) is 6.39. The number of carbonyl (C=O) groups excluding carboxylic acids is 2. The van der Waals surface area contributed by atoms with Crippen molar-refractivity contribution in [1.82, 2.24) is 4.98 Å². The topological polar surface area (TPSA) is 104 Å². The van der Waals surface area contributed by atoms with Crippen LogP contribution in [-0.4, -0.2) is 66.8 Å². The molecule has 1 aromatic rings. The molecule has 1 saturated heterocycles. The van der Waals surface area contributed by atoms with E-state index in [1.807, 2.05) is 18.3 Å². The molecule has 0 aromatic carbocycles. The minimum atomic E-state index is -1.08. The van der Waals surface area contributed by atoms with Crippen LogP contribution in [0, 0.1) is 23.7 Å². The van der Waals surface area contributed by atoms with Gasteiger partial charge in [-0.25, -0.2) is 4.98 Å². The number of methoxy groups -OCH3 is 1. The fourth-order valence-corrected chi connectivity index (χ4v) is 9.66. The quantitative estimate of drug-likeness (QED) is 0.265. The van der Waals surface area contributed by atoms with Crippen molar-refractivity contribution in [1.29, 1.82) is 0 Å². The Kier molecular flexibility index (Phi) is 9.75. The predicted octanol–water partition coefficient (Wildman–Crippen LogP) is 6.03. The molecule has 0 amide bonds. The summed E-state index contributed by atoms with van der Waals surface area (Å²) >= 11 is 1.84. The highest BCUT2D eigenvalue weighted by Gasteiger charge is 2.56. The van der Waals surface area contributed by atoms with Gasteiger partial charge in [-0.1, -0.05) is 26.3 Å². The lowest BCUT2D eigenvalue weighted by atomic mass is 9.67. The van der Waals surface area contributed by atoms with Crippen molar-refractivity contribution in [2.75, 3.05) is 20.3 Å². The molecule has 0 bridgehead atoms. The first-order valence-electron chi connectivity index (χ1n) is 16.7. The van der Waals surface area contributed by atoms with Gasteiger partial charge in [-0.15, -0.1) is 11.3 Å². The summed E-state index contributed by atoms with van der Waals surface area (Å²) in [5.41, 5.74) is 1.93. The van der Waals surface area contributed by atoms with E-state index in [0.29, 0.717) is 12.5 Å². The number of aliphatic hydroxyl groups excluding tert-OH is 1. The van der Waals surface area contributed by atoms with Gasteiger partial charge in [-0.05, 0) is 75.7 Å².